The van der Waals surface area contributed by atoms with Gasteiger partial charge in [0, 0.05) is 20.9 Å². The Bertz CT molecular complexity index is 316. The van der Waals surface area contributed by atoms with E-state index in [9.17, 15) is 4.79 Å². The number of carboxylic acids is 1. The van der Waals surface area contributed by atoms with Gasteiger partial charge in [0.2, 0.25) is 0 Å². The van der Waals surface area contributed by atoms with Crippen LogP contribution in [0.1, 0.15) is 4.88 Å². The van der Waals surface area contributed by atoms with E-state index in [1.165, 1.54) is 16.6 Å². The Hall–Kier alpha value is -0.0400. The molecule has 1 rings (SSSR count). The number of thioether (sulfide) groups is 1. The molecule has 1 atom stereocenters. The summed E-state index contributed by atoms with van der Waals surface area (Å²) in [5.74, 6) is 0.307. The molecule has 78 valence electrons. The third-order valence-corrected chi connectivity index (χ3v) is 4.74. The maximum Gasteiger partial charge on any atom is 0.321 e. The van der Waals surface area contributed by atoms with Crippen molar-refractivity contribution in [1.29, 1.82) is 0 Å². The van der Waals surface area contributed by atoms with Gasteiger partial charge in [-0.1, -0.05) is 0 Å². The maximum absolute atomic E-state index is 10.4. The van der Waals surface area contributed by atoms with E-state index in [2.05, 4.69) is 15.9 Å². The number of rotatable bonds is 5. The fraction of sp³-hybridized carbons (Fsp3) is 0.375. The zero-order chi connectivity index (χ0) is 10.6. The lowest BCUT2D eigenvalue weighted by atomic mass is 10.4. The minimum absolute atomic E-state index is 0.444. The van der Waals surface area contributed by atoms with Crippen LogP contribution >= 0.6 is 39.0 Å². The number of hydrogen-bond donors (Lipinski definition) is 2. The van der Waals surface area contributed by atoms with Crippen LogP contribution in [-0.2, 0) is 10.5 Å². The number of thiophene rings is 1. The average Bonchev–Trinajstić information content (AvgIpc) is 2.51. The molecule has 0 aliphatic heterocycles. The van der Waals surface area contributed by atoms with Crippen LogP contribution in [0.3, 0.4) is 0 Å². The van der Waals surface area contributed by atoms with Gasteiger partial charge >= 0.3 is 5.97 Å². The summed E-state index contributed by atoms with van der Waals surface area (Å²) in [7, 11) is 0. The molecule has 0 spiro atoms. The van der Waals surface area contributed by atoms with Crippen molar-refractivity contribution < 1.29 is 9.90 Å². The Labute approximate surface area is 98.8 Å². The van der Waals surface area contributed by atoms with E-state index in [-0.39, 0.29) is 0 Å². The van der Waals surface area contributed by atoms with E-state index in [0.29, 0.717) is 5.75 Å². The van der Waals surface area contributed by atoms with Gasteiger partial charge in [-0.2, -0.15) is 11.8 Å². The molecule has 0 fully saturated rings. The van der Waals surface area contributed by atoms with Gasteiger partial charge in [0.1, 0.15) is 6.04 Å². The summed E-state index contributed by atoms with van der Waals surface area (Å²) in [5.41, 5.74) is 5.37. The van der Waals surface area contributed by atoms with Crippen molar-refractivity contribution in [2.45, 2.75) is 11.8 Å². The van der Waals surface area contributed by atoms with Crippen molar-refractivity contribution >= 4 is 45.0 Å². The lowest BCUT2D eigenvalue weighted by Gasteiger charge is -2.04. The second-order valence-corrected chi connectivity index (χ2v) is 5.54. The van der Waals surface area contributed by atoms with Gasteiger partial charge in [-0.3, -0.25) is 4.79 Å². The fourth-order valence-corrected chi connectivity index (χ4v) is 3.62. The largest absolute Gasteiger partial charge is 0.480 e. The van der Waals surface area contributed by atoms with Crippen LogP contribution in [-0.4, -0.2) is 22.9 Å². The van der Waals surface area contributed by atoms with Gasteiger partial charge in [-0.15, -0.1) is 11.3 Å². The molecule has 0 saturated heterocycles. The van der Waals surface area contributed by atoms with E-state index in [1.54, 1.807) is 11.3 Å². The number of nitrogens with two attached hydrogens (primary N) is 1. The van der Waals surface area contributed by atoms with Crippen LogP contribution in [0.2, 0.25) is 0 Å². The molecule has 0 amide bonds. The summed E-state index contributed by atoms with van der Waals surface area (Å²) in [6.07, 6.45) is 0. The van der Waals surface area contributed by atoms with Crippen LogP contribution in [0.25, 0.3) is 0 Å². The first-order chi connectivity index (χ1) is 6.61. The van der Waals surface area contributed by atoms with Crippen molar-refractivity contribution in [2.24, 2.45) is 5.73 Å². The van der Waals surface area contributed by atoms with Crippen LogP contribution in [0.15, 0.2) is 15.9 Å². The van der Waals surface area contributed by atoms with E-state index in [4.69, 9.17) is 10.8 Å². The number of carboxylic acid groups (broad SMARTS) is 1. The lowest BCUT2D eigenvalue weighted by molar-refractivity contribution is -0.137. The smallest absolute Gasteiger partial charge is 0.321 e. The predicted molar refractivity (Wildman–Crippen MR) is 63.8 cm³/mol. The van der Waals surface area contributed by atoms with Crippen LogP contribution < -0.4 is 5.73 Å². The average molecular weight is 296 g/mol. The summed E-state index contributed by atoms with van der Waals surface area (Å²) >= 11 is 6.60. The number of carbonyl (C=O) groups is 1. The predicted octanol–water partition coefficient (Wildman–Crippen LogP) is 2.16. The summed E-state index contributed by atoms with van der Waals surface area (Å²) in [6, 6.07) is 1.22. The van der Waals surface area contributed by atoms with Gasteiger partial charge in [0.15, 0.2) is 0 Å². The van der Waals surface area contributed by atoms with Gasteiger partial charge in [0.25, 0.3) is 0 Å². The van der Waals surface area contributed by atoms with Crippen molar-refractivity contribution in [3.05, 3.63) is 20.8 Å². The molecule has 3 nitrogen and oxygen atoms in total. The molecular formula is C8H10BrNO2S2. The van der Waals surface area contributed by atoms with Gasteiger partial charge in [0.05, 0.1) is 0 Å². The quantitative estimate of drug-likeness (QED) is 0.874. The van der Waals surface area contributed by atoms with Crippen LogP contribution in [0, 0.1) is 0 Å². The van der Waals surface area contributed by atoms with E-state index >= 15 is 0 Å². The minimum atomic E-state index is -0.942. The number of hydrogen-bond acceptors (Lipinski definition) is 4. The Morgan fingerprint density at radius 3 is 3.00 bits per heavy atom. The second-order valence-electron chi connectivity index (χ2n) is 2.65. The van der Waals surface area contributed by atoms with Gasteiger partial charge in [-0.05, 0) is 27.4 Å². The first kappa shape index (κ1) is 12.0. The van der Waals surface area contributed by atoms with Gasteiger partial charge < -0.3 is 10.8 Å². The highest BCUT2D eigenvalue weighted by Gasteiger charge is 2.11. The van der Waals surface area contributed by atoms with Crippen molar-refractivity contribution in [1.82, 2.24) is 0 Å². The van der Waals surface area contributed by atoms with E-state index < -0.39 is 12.0 Å². The molecule has 0 radical (unpaired) electrons. The topological polar surface area (TPSA) is 63.3 Å². The van der Waals surface area contributed by atoms with Crippen molar-refractivity contribution in [3.8, 4) is 0 Å². The van der Waals surface area contributed by atoms with Crippen molar-refractivity contribution in [3.63, 3.8) is 0 Å². The minimum Gasteiger partial charge on any atom is -0.480 e. The molecule has 0 saturated carbocycles. The molecule has 0 aliphatic rings. The monoisotopic (exact) mass is 295 g/mol. The van der Waals surface area contributed by atoms with Crippen molar-refractivity contribution in [2.75, 3.05) is 5.75 Å². The molecule has 14 heavy (non-hydrogen) atoms. The third-order valence-electron chi connectivity index (χ3n) is 1.54. The zero-order valence-electron chi connectivity index (χ0n) is 7.27. The summed E-state index contributed by atoms with van der Waals surface area (Å²) in [4.78, 5) is 11.6. The molecule has 6 heteroatoms. The van der Waals surface area contributed by atoms with Crippen LogP contribution in [0.4, 0.5) is 0 Å². The molecule has 3 N–H and O–H groups in total. The van der Waals surface area contributed by atoms with Crippen LogP contribution in [0.5, 0.6) is 0 Å². The summed E-state index contributed by atoms with van der Waals surface area (Å²) < 4.78 is 1.08. The second kappa shape index (κ2) is 5.75. The molecule has 1 aromatic rings. The fourth-order valence-electron chi connectivity index (χ4n) is 0.778. The molecule has 0 unspecified atom stereocenters. The molecule has 0 aromatic carbocycles. The standard InChI is InChI=1S/C8H10BrNO2S2/c9-5-1-2-14-7(5)4-13-3-6(10)8(11)12/h1-2,6H,3-4,10H2,(H,11,12)/t6-/m1/s1. The Balaban J connectivity index is 2.29. The van der Waals surface area contributed by atoms with E-state index in [1.807, 2.05) is 11.4 Å². The van der Waals surface area contributed by atoms with Gasteiger partial charge in [-0.25, -0.2) is 0 Å². The molecular weight excluding hydrogens is 286 g/mol. The Morgan fingerprint density at radius 1 is 1.79 bits per heavy atom. The highest BCUT2D eigenvalue weighted by molar-refractivity contribution is 9.10. The molecule has 0 aliphatic carbocycles. The highest BCUT2D eigenvalue weighted by Crippen LogP contribution is 2.26. The summed E-state index contributed by atoms with van der Waals surface area (Å²) in [6.45, 7) is 0. The summed E-state index contributed by atoms with van der Waals surface area (Å²) in [5, 5.41) is 10.5. The number of halogens is 1. The SMILES string of the molecule is N[C@H](CSCc1sccc1Br)C(=O)O. The highest BCUT2D eigenvalue weighted by atomic mass is 79.9. The molecule has 1 heterocycles. The lowest BCUT2D eigenvalue weighted by Crippen LogP contribution is -2.32. The normalized spacial score (nSPS) is 12.7. The molecule has 0 bridgehead atoms. The first-order valence-electron chi connectivity index (χ1n) is 3.89. The first-order valence-corrected chi connectivity index (χ1v) is 6.72. The molecule has 1 aromatic heterocycles. The number of aliphatic carboxylic acids is 1. The zero-order valence-corrected chi connectivity index (χ0v) is 10.5. The Morgan fingerprint density at radius 2 is 2.50 bits per heavy atom. The van der Waals surface area contributed by atoms with E-state index in [0.717, 1.165) is 10.2 Å². The third kappa shape index (κ3) is 3.61. The Kier molecular flexibility index (Phi) is 4.94. The maximum atomic E-state index is 10.4.